The van der Waals surface area contributed by atoms with Gasteiger partial charge in [0.2, 0.25) is 0 Å². The molecule has 2 aliphatic rings. The number of aryl methyl sites for hydroxylation is 1. The number of allylic oxidation sites excluding steroid dienone is 5. The van der Waals surface area contributed by atoms with E-state index in [1.165, 1.54) is 49.8 Å². The molecule has 0 saturated carbocycles. The Labute approximate surface area is 189 Å². The Bertz CT molecular complexity index is 1240. The summed E-state index contributed by atoms with van der Waals surface area (Å²) in [6.07, 6.45) is 6.74. The van der Waals surface area contributed by atoms with Gasteiger partial charge in [0.1, 0.15) is 27.0 Å². The summed E-state index contributed by atoms with van der Waals surface area (Å²) < 4.78 is 2.15. The molecule has 160 valence electrons. The summed E-state index contributed by atoms with van der Waals surface area (Å²) in [6.45, 7) is 6.86. The Morgan fingerprint density at radius 1 is 1.13 bits per heavy atom. The van der Waals surface area contributed by atoms with Crippen molar-refractivity contribution in [2.24, 2.45) is 0 Å². The van der Waals surface area contributed by atoms with Crippen LogP contribution in [0.25, 0.3) is 5.57 Å². The Kier molecular flexibility index (Phi) is 5.18. The Morgan fingerprint density at radius 3 is 2.42 bits per heavy atom. The second-order valence-electron chi connectivity index (χ2n) is 9.18. The number of carbonyl (C=O) groups is 1. The van der Waals surface area contributed by atoms with Crippen molar-refractivity contribution in [2.45, 2.75) is 20.0 Å². The normalized spacial score (nSPS) is 16.6. The molecule has 6 heteroatoms. The van der Waals surface area contributed by atoms with Crippen molar-refractivity contribution in [3.05, 3.63) is 74.1 Å². The summed E-state index contributed by atoms with van der Waals surface area (Å²) in [5.74, 6) is -0.864. The Balaban J connectivity index is 2.10. The molecule has 0 atom stereocenters. The molecule has 0 radical (unpaired) electrons. The zero-order chi connectivity index (χ0) is 22.7. The molecule has 4 rings (SSSR count). The minimum atomic E-state index is -1.98. The number of thiophene rings is 1. The van der Waals surface area contributed by atoms with E-state index in [1.807, 2.05) is 6.92 Å². The zero-order valence-electron chi connectivity index (χ0n) is 19.2. The molecule has 0 spiro atoms. The molecular weight excluding hydrogens is 420 g/mol. The standard InChI is InChI=1S/C25H28N2O2SSi/c1-15-12-20(25(28)29)30-24(15)23-18-10-8-16(26(2)3)13-21(18)31(6,7)22-14-17(27(4)5)9-11-19(22)23/h8-14H,1-7H3/p+1. The van der Waals surface area contributed by atoms with Gasteiger partial charge in [-0.25, -0.2) is 9.37 Å². The smallest absolute Gasteiger partial charge is 0.345 e. The highest BCUT2D eigenvalue weighted by Gasteiger charge is 2.41. The first-order valence-electron chi connectivity index (χ1n) is 10.4. The molecule has 1 aliphatic carbocycles. The summed E-state index contributed by atoms with van der Waals surface area (Å²) >= 11 is 1.38. The van der Waals surface area contributed by atoms with E-state index in [-0.39, 0.29) is 0 Å². The van der Waals surface area contributed by atoms with Gasteiger partial charge >= 0.3 is 5.97 Å². The molecule has 1 aliphatic heterocycles. The molecule has 1 N–H and O–H groups in total. The van der Waals surface area contributed by atoms with Gasteiger partial charge in [-0.05, 0) is 58.3 Å². The summed E-state index contributed by atoms with van der Waals surface area (Å²) in [7, 11) is 6.32. The van der Waals surface area contributed by atoms with E-state index in [9.17, 15) is 9.90 Å². The Hall–Kier alpha value is -2.70. The van der Waals surface area contributed by atoms with E-state index in [1.54, 1.807) is 6.07 Å². The third-order valence-electron chi connectivity index (χ3n) is 6.28. The van der Waals surface area contributed by atoms with E-state index in [0.29, 0.717) is 4.88 Å². The van der Waals surface area contributed by atoms with Crippen molar-refractivity contribution in [3.8, 4) is 0 Å². The highest BCUT2D eigenvalue weighted by Crippen LogP contribution is 2.44. The number of fused-ring (bicyclic) bond motifs is 2. The zero-order valence-corrected chi connectivity index (χ0v) is 21.0. The lowest BCUT2D eigenvalue weighted by molar-refractivity contribution is -0.462. The van der Waals surface area contributed by atoms with Crippen molar-refractivity contribution in [3.63, 3.8) is 0 Å². The second kappa shape index (κ2) is 7.46. The Morgan fingerprint density at radius 2 is 1.84 bits per heavy atom. The lowest BCUT2D eigenvalue weighted by Gasteiger charge is -2.38. The van der Waals surface area contributed by atoms with E-state index in [4.69, 9.17) is 0 Å². The monoisotopic (exact) mass is 449 g/mol. The van der Waals surface area contributed by atoms with E-state index < -0.39 is 14.0 Å². The number of rotatable bonds is 3. The average Bonchev–Trinajstić information content (AvgIpc) is 3.09. The fourth-order valence-electron chi connectivity index (χ4n) is 4.46. The first kappa shape index (κ1) is 21.5. The highest BCUT2D eigenvalue weighted by molar-refractivity contribution is 7.15. The van der Waals surface area contributed by atoms with Gasteiger partial charge in [0.25, 0.3) is 0 Å². The molecule has 0 bridgehead atoms. The highest BCUT2D eigenvalue weighted by atomic mass is 32.1. The van der Waals surface area contributed by atoms with Gasteiger partial charge in [0, 0.05) is 42.4 Å². The molecule has 0 amide bonds. The van der Waals surface area contributed by atoms with Gasteiger partial charge in [0.05, 0.1) is 0 Å². The maximum absolute atomic E-state index is 11.7. The molecule has 2 heterocycles. The number of carboxylic acid groups (broad SMARTS) is 1. The van der Waals surface area contributed by atoms with Gasteiger partial charge < -0.3 is 10.0 Å². The van der Waals surface area contributed by atoms with Gasteiger partial charge in [0.15, 0.2) is 5.71 Å². The molecule has 0 unspecified atom stereocenters. The number of hydrogen-bond acceptors (Lipinski definition) is 3. The summed E-state index contributed by atoms with van der Waals surface area (Å²) in [6, 6.07) is 8.54. The third-order valence-corrected chi connectivity index (χ3v) is 11.0. The van der Waals surface area contributed by atoms with Crippen LogP contribution in [0, 0.1) is 6.92 Å². The maximum Gasteiger partial charge on any atom is 0.345 e. The lowest BCUT2D eigenvalue weighted by Crippen LogP contribution is -2.49. The molecule has 4 nitrogen and oxygen atoms in total. The first-order valence-corrected chi connectivity index (χ1v) is 14.2. The molecule has 31 heavy (non-hydrogen) atoms. The van der Waals surface area contributed by atoms with Crippen LogP contribution < -0.4 is 10.1 Å². The van der Waals surface area contributed by atoms with Crippen LogP contribution in [0.5, 0.6) is 0 Å². The van der Waals surface area contributed by atoms with Crippen molar-refractivity contribution in [1.29, 1.82) is 0 Å². The third kappa shape index (κ3) is 3.44. The van der Waals surface area contributed by atoms with Gasteiger partial charge in [-0.2, -0.15) is 0 Å². The van der Waals surface area contributed by atoms with Gasteiger partial charge in [-0.1, -0.05) is 19.2 Å². The largest absolute Gasteiger partial charge is 0.477 e. The molecule has 2 aromatic rings. The SMILES string of the molecule is Cc1cc(C(=O)O)sc1C1=C2C=CC(=[N+](C)C)C=C2[Si](C)(C)c2cc(N(C)C)ccc21. The number of hydrogen-bond donors (Lipinski definition) is 1. The molecular formula is C25H29N2O2SSi+. The van der Waals surface area contributed by atoms with Crippen molar-refractivity contribution in [2.75, 3.05) is 33.1 Å². The van der Waals surface area contributed by atoms with Crippen LogP contribution in [-0.4, -0.2) is 57.6 Å². The first-order chi connectivity index (χ1) is 14.5. The van der Waals surface area contributed by atoms with Crippen LogP contribution in [0.3, 0.4) is 0 Å². The maximum atomic E-state index is 11.7. The molecule has 0 saturated heterocycles. The molecule has 1 aromatic carbocycles. The van der Waals surface area contributed by atoms with Crippen molar-refractivity contribution < 1.29 is 14.5 Å². The van der Waals surface area contributed by atoms with Crippen molar-refractivity contribution in [1.82, 2.24) is 0 Å². The number of nitrogens with zero attached hydrogens (tertiary/aromatic N) is 2. The minimum absolute atomic E-state index is 0.389. The van der Waals surface area contributed by atoms with Crippen LogP contribution in [-0.2, 0) is 0 Å². The fraction of sp³-hybridized carbons (Fsp3) is 0.280. The predicted octanol–water partition coefficient (Wildman–Crippen LogP) is 4.30. The summed E-state index contributed by atoms with van der Waals surface area (Å²) in [5.41, 5.74) is 7.06. The fourth-order valence-corrected chi connectivity index (χ4v) is 8.62. The van der Waals surface area contributed by atoms with Gasteiger partial charge in [-0.15, -0.1) is 11.3 Å². The number of aromatic carboxylic acids is 1. The summed E-state index contributed by atoms with van der Waals surface area (Å²) in [5, 5.41) is 12.4. The number of anilines is 1. The predicted molar refractivity (Wildman–Crippen MR) is 134 cm³/mol. The lowest BCUT2D eigenvalue weighted by atomic mass is 9.92. The van der Waals surface area contributed by atoms with E-state index in [2.05, 4.69) is 87.2 Å². The number of benzene rings is 1. The number of carboxylic acids is 1. The van der Waals surface area contributed by atoms with Crippen molar-refractivity contribution >= 4 is 47.5 Å². The summed E-state index contributed by atoms with van der Waals surface area (Å²) in [4.78, 5) is 15.3. The topological polar surface area (TPSA) is 43.5 Å². The van der Waals surface area contributed by atoms with E-state index in [0.717, 1.165) is 10.4 Å². The molecule has 0 fully saturated rings. The van der Waals surface area contributed by atoms with E-state index >= 15 is 0 Å². The average molecular weight is 450 g/mol. The van der Waals surface area contributed by atoms with Crippen LogP contribution in [0.15, 0.2) is 53.3 Å². The molecule has 1 aromatic heterocycles. The minimum Gasteiger partial charge on any atom is -0.477 e. The van der Waals surface area contributed by atoms with Crippen LogP contribution >= 0.6 is 11.3 Å². The van der Waals surface area contributed by atoms with Crippen LogP contribution in [0.2, 0.25) is 13.1 Å². The van der Waals surface area contributed by atoms with Crippen LogP contribution in [0.4, 0.5) is 5.69 Å². The van der Waals surface area contributed by atoms with Crippen LogP contribution in [0.1, 0.15) is 25.7 Å². The second-order valence-corrected chi connectivity index (χ2v) is 14.6. The van der Waals surface area contributed by atoms with Gasteiger partial charge in [-0.3, -0.25) is 0 Å². The quantitative estimate of drug-likeness (QED) is 0.561.